The molecule has 1 rings (SSSR count). The number of likely N-dealkylation sites (tertiary alicyclic amines) is 1. The summed E-state index contributed by atoms with van der Waals surface area (Å²) in [6.45, 7) is 3.27. The highest BCUT2D eigenvalue weighted by Crippen LogP contribution is 2.06. The van der Waals surface area contributed by atoms with Crippen LogP contribution in [0.2, 0.25) is 0 Å². The van der Waals surface area contributed by atoms with Crippen molar-refractivity contribution < 1.29 is 19.8 Å². The Hall–Kier alpha value is -1.54. The Bertz CT molecular complexity index is 239. The fourth-order valence-electron chi connectivity index (χ4n) is 1.25. The summed E-state index contributed by atoms with van der Waals surface area (Å²) in [5, 5.41) is 14.8. The SMILES string of the molecule is C#CCN1CCCCC1.O=C(O)C(=O)O. The van der Waals surface area contributed by atoms with Gasteiger partial charge in [0.15, 0.2) is 0 Å². The van der Waals surface area contributed by atoms with E-state index in [1.807, 2.05) is 0 Å². The Morgan fingerprint density at radius 1 is 1.13 bits per heavy atom. The van der Waals surface area contributed by atoms with Gasteiger partial charge in [0.1, 0.15) is 0 Å². The molecule has 0 unspecified atom stereocenters. The van der Waals surface area contributed by atoms with E-state index in [1.54, 1.807) is 0 Å². The number of hydrogen-bond donors (Lipinski definition) is 2. The molecule has 1 fully saturated rings. The van der Waals surface area contributed by atoms with Gasteiger partial charge >= 0.3 is 11.9 Å². The van der Waals surface area contributed by atoms with Gasteiger partial charge in [-0.2, -0.15) is 0 Å². The van der Waals surface area contributed by atoms with Gasteiger partial charge in [-0.3, -0.25) is 4.90 Å². The number of carbonyl (C=O) groups is 2. The molecule has 1 aliphatic rings. The van der Waals surface area contributed by atoms with E-state index < -0.39 is 11.9 Å². The first-order chi connectivity index (χ1) is 7.07. The van der Waals surface area contributed by atoms with E-state index in [4.69, 9.17) is 26.2 Å². The molecule has 0 aromatic carbocycles. The number of nitrogens with zero attached hydrogens (tertiary/aromatic N) is 1. The van der Waals surface area contributed by atoms with Crippen LogP contribution in [0.5, 0.6) is 0 Å². The zero-order valence-corrected chi connectivity index (χ0v) is 8.48. The van der Waals surface area contributed by atoms with Crippen LogP contribution in [0.3, 0.4) is 0 Å². The van der Waals surface area contributed by atoms with E-state index in [-0.39, 0.29) is 0 Å². The van der Waals surface area contributed by atoms with Crippen LogP contribution in [0, 0.1) is 12.3 Å². The van der Waals surface area contributed by atoms with Gasteiger partial charge in [0, 0.05) is 0 Å². The lowest BCUT2D eigenvalue weighted by molar-refractivity contribution is -0.159. The monoisotopic (exact) mass is 213 g/mol. The van der Waals surface area contributed by atoms with Gasteiger partial charge in [0.2, 0.25) is 0 Å². The van der Waals surface area contributed by atoms with Crippen molar-refractivity contribution in [1.29, 1.82) is 0 Å². The minimum Gasteiger partial charge on any atom is -0.473 e. The fourth-order valence-corrected chi connectivity index (χ4v) is 1.25. The predicted octanol–water partition coefficient (Wildman–Crippen LogP) is 0.261. The maximum Gasteiger partial charge on any atom is 0.414 e. The van der Waals surface area contributed by atoms with Crippen molar-refractivity contribution in [3.63, 3.8) is 0 Å². The van der Waals surface area contributed by atoms with Gasteiger partial charge in [-0.15, -0.1) is 6.42 Å². The number of aliphatic carboxylic acids is 2. The lowest BCUT2D eigenvalue weighted by Crippen LogP contribution is -2.29. The Labute approximate surface area is 88.7 Å². The number of piperidine rings is 1. The second kappa shape index (κ2) is 7.83. The van der Waals surface area contributed by atoms with Gasteiger partial charge in [-0.1, -0.05) is 12.3 Å². The van der Waals surface area contributed by atoms with E-state index >= 15 is 0 Å². The average molecular weight is 213 g/mol. The third kappa shape index (κ3) is 7.52. The minimum atomic E-state index is -1.82. The van der Waals surface area contributed by atoms with Crippen molar-refractivity contribution in [3.8, 4) is 12.3 Å². The van der Waals surface area contributed by atoms with E-state index in [2.05, 4.69) is 10.8 Å². The lowest BCUT2D eigenvalue weighted by atomic mass is 10.1. The molecule has 0 atom stereocenters. The molecule has 0 aromatic rings. The van der Waals surface area contributed by atoms with Crippen molar-refractivity contribution in [1.82, 2.24) is 4.90 Å². The van der Waals surface area contributed by atoms with Crippen molar-refractivity contribution in [3.05, 3.63) is 0 Å². The van der Waals surface area contributed by atoms with Crippen LogP contribution < -0.4 is 0 Å². The summed E-state index contributed by atoms with van der Waals surface area (Å²) in [4.78, 5) is 20.5. The van der Waals surface area contributed by atoms with Crippen LogP contribution >= 0.6 is 0 Å². The van der Waals surface area contributed by atoms with Crippen LogP contribution in [0.4, 0.5) is 0 Å². The first kappa shape index (κ1) is 13.5. The number of hydrogen-bond acceptors (Lipinski definition) is 3. The number of carboxylic acid groups (broad SMARTS) is 2. The molecule has 5 heteroatoms. The number of terminal acetylenes is 1. The first-order valence-corrected chi connectivity index (χ1v) is 4.70. The van der Waals surface area contributed by atoms with Crippen molar-refractivity contribution in [2.45, 2.75) is 19.3 Å². The van der Waals surface area contributed by atoms with E-state index in [9.17, 15) is 0 Å². The molecule has 1 saturated heterocycles. The molecule has 0 spiro atoms. The third-order valence-corrected chi connectivity index (χ3v) is 1.95. The molecule has 84 valence electrons. The molecule has 15 heavy (non-hydrogen) atoms. The standard InChI is InChI=1S/C8H13N.C2H2O4/c1-2-6-9-7-4-3-5-8-9;3-1(4)2(5)6/h1H,3-8H2;(H,3,4)(H,5,6). The molecular formula is C10H15NO4. The third-order valence-electron chi connectivity index (χ3n) is 1.95. The van der Waals surface area contributed by atoms with Crippen molar-refractivity contribution in [2.75, 3.05) is 19.6 Å². The smallest absolute Gasteiger partial charge is 0.414 e. The van der Waals surface area contributed by atoms with Crippen LogP contribution in [0.25, 0.3) is 0 Å². The molecule has 1 aliphatic heterocycles. The Balaban J connectivity index is 0.000000288. The fraction of sp³-hybridized carbons (Fsp3) is 0.600. The molecule has 2 N–H and O–H groups in total. The highest BCUT2D eigenvalue weighted by Gasteiger charge is 2.06. The molecule has 0 radical (unpaired) electrons. The summed E-state index contributed by atoms with van der Waals surface area (Å²) in [7, 11) is 0. The van der Waals surface area contributed by atoms with E-state index in [0.717, 1.165) is 6.54 Å². The highest BCUT2D eigenvalue weighted by atomic mass is 16.4. The zero-order valence-electron chi connectivity index (χ0n) is 8.48. The van der Waals surface area contributed by atoms with Crippen LogP contribution in [-0.4, -0.2) is 46.7 Å². The van der Waals surface area contributed by atoms with Crippen LogP contribution in [-0.2, 0) is 9.59 Å². The number of rotatable bonds is 1. The molecule has 1 heterocycles. The molecule has 0 aliphatic carbocycles. The maximum absolute atomic E-state index is 9.10. The van der Waals surface area contributed by atoms with Gasteiger partial charge in [0.05, 0.1) is 6.54 Å². The summed E-state index contributed by atoms with van der Waals surface area (Å²) in [6, 6.07) is 0. The highest BCUT2D eigenvalue weighted by molar-refractivity contribution is 6.27. The molecule has 0 saturated carbocycles. The topological polar surface area (TPSA) is 77.8 Å². The van der Waals surface area contributed by atoms with Gasteiger partial charge in [-0.25, -0.2) is 9.59 Å². The van der Waals surface area contributed by atoms with Gasteiger partial charge in [0.25, 0.3) is 0 Å². The van der Waals surface area contributed by atoms with Crippen molar-refractivity contribution in [2.24, 2.45) is 0 Å². The van der Waals surface area contributed by atoms with Gasteiger partial charge in [-0.05, 0) is 25.9 Å². The van der Waals surface area contributed by atoms with Crippen molar-refractivity contribution >= 4 is 11.9 Å². The van der Waals surface area contributed by atoms with Crippen LogP contribution in [0.1, 0.15) is 19.3 Å². The Morgan fingerprint density at radius 2 is 1.60 bits per heavy atom. The summed E-state index contributed by atoms with van der Waals surface area (Å²) in [6.07, 6.45) is 9.23. The first-order valence-electron chi connectivity index (χ1n) is 4.70. The van der Waals surface area contributed by atoms with Crippen LogP contribution in [0.15, 0.2) is 0 Å². The summed E-state index contributed by atoms with van der Waals surface area (Å²) in [5.41, 5.74) is 0. The second-order valence-electron chi connectivity index (χ2n) is 3.15. The van der Waals surface area contributed by atoms with Gasteiger partial charge < -0.3 is 10.2 Å². The molecule has 0 aromatic heterocycles. The summed E-state index contributed by atoms with van der Waals surface area (Å²) in [5.74, 6) is -0.985. The van der Waals surface area contributed by atoms with E-state index in [0.29, 0.717) is 0 Å². The summed E-state index contributed by atoms with van der Waals surface area (Å²) < 4.78 is 0. The maximum atomic E-state index is 9.10. The number of carboxylic acids is 2. The second-order valence-corrected chi connectivity index (χ2v) is 3.15. The normalized spacial score (nSPS) is 15.7. The largest absolute Gasteiger partial charge is 0.473 e. The Kier molecular flexibility index (Phi) is 7.02. The Morgan fingerprint density at radius 3 is 1.93 bits per heavy atom. The molecule has 5 nitrogen and oxygen atoms in total. The lowest BCUT2D eigenvalue weighted by Gasteiger charge is -2.23. The molecule has 0 bridgehead atoms. The predicted molar refractivity (Wildman–Crippen MR) is 54.4 cm³/mol. The quantitative estimate of drug-likeness (QED) is 0.482. The van der Waals surface area contributed by atoms with E-state index in [1.165, 1.54) is 32.4 Å². The molecular weight excluding hydrogens is 198 g/mol. The summed E-state index contributed by atoms with van der Waals surface area (Å²) >= 11 is 0. The minimum absolute atomic E-state index is 0.847. The molecule has 0 amide bonds. The zero-order chi connectivity index (χ0) is 11.7. The average Bonchev–Trinajstić information content (AvgIpc) is 2.20.